The number of amides is 1. The Morgan fingerprint density at radius 1 is 1.50 bits per heavy atom. The minimum atomic E-state index is -4.51. The number of aromatic nitrogens is 1. The second kappa shape index (κ2) is 3.28. The van der Waals surface area contributed by atoms with Crippen LogP contribution in [0.1, 0.15) is 21.6 Å². The molecule has 6 heteroatoms. The highest BCUT2D eigenvalue weighted by Crippen LogP contribution is 2.31. The van der Waals surface area contributed by atoms with E-state index < -0.39 is 17.6 Å². The van der Waals surface area contributed by atoms with E-state index in [0.29, 0.717) is 6.07 Å². The van der Waals surface area contributed by atoms with Crippen LogP contribution in [0.3, 0.4) is 0 Å². The van der Waals surface area contributed by atoms with Gasteiger partial charge in [-0.05, 0) is 13.0 Å². The number of carbonyl (C=O) groups excluding carboxylic acids is 1. The van der Waals surface area contributed by atoms with E-state index in [2.05, 4.69) is 4.98 Å². The van der Waals surface area contributed by atoms with Crippen molar-refractivity contribution in [1.29, 1.82) is 0 Å². The zero-order valence-electron chi connectivity index (χ0n) is 7.22. The quantitative estimate of drug-likeness (QED) is 0.753. The first-order chi connectivity index (χ1) is 6.32. The summed E-state index contributed by atoms with van der Waals surface area (Å²) in [6.07, 6.45) is -3.49. The van der Waals surface area contributed by atoms with Crippen LogP contribution in [0.15, 0.2) is 12.3 Å². The molecule has 0 bridgehead atoms. The molecule has 1 aromatic heterocycles. The molecule has 0 unspecified atom stereocenters. The molecule has 0 fully saturated rings. The summed E-state index contributed by atoms with van der Waals surface area (Å²) < 4.78 is 36.9. The van der Waals surface area contributed by atoms with Crippen LogP contribution >= 0.6 is 0 Å². The Hall–Kier alpha value is -1.59. The molecule has 0 aromatic carbocycles. The van der Waals surface area contributed by atoms with Crippen molar-refractivity contribution in [2.75, 3.05) is 0 Å². The Morgan fingerprint density at radius 2 is 2.07 bits per heavy atom. The van der Waals surface area contributed by atoms with Gasteiger partial charge in [0, 0.05) is 11.9 Å². The van der Waals surface area contributed by atoms with E-state index in [1.807, 2.05) is 0 Å². The molecule has 3 nitrogen and oxygen atoms in total. The highest BCUT2D eigenvalue weighted by molar-refractivity contribution is 5.92. The summed E-state index contributed by atoms with van der Waals surface area (Å²) in [5, 5.41) is 0. The van der Waals surface area contributed by atoms with E-state index in [1.165, 1.54) is 6.92 Å². The number of carbonyl (C=O) groups is 1. The minimum absolute atomic E-state index is 0.178. The van der Waals surface area contributed by atoms with E-state index in [1.54, 1.807) is 0 Å². The molecule has 0 radical (unpaired) electrons. The van der Waals surface area contributed by atoms with Crippen LogP contribution in [0.5, 0.6) is 0 Å². The van der Waals surface area contributed by atoms with Crippen LogP contribution < -0.4 is 5.73 Å². The topological polar surface area (TPSA) is 56.0 Å². The number of hydrogen-bond acceptors (Lipinski definition) is 2. The summed E-state index contributed by atoms with van der Waals surface area (Å²) in [6.45, 7) is 1.22. The van der Waals surface area contributed by atoms with Crippen molar-refractivity contribution in [3.05, 3.63) is 29.1 Å². The average Bonchev–Trinajstić information content (AvgIpc) is 2.02. The van der Waals surface area contributed by atoms with Crippen LogP contribution in [0.4, 0.5) is 13.2 Å². The van der Waals surface area contributed by atoms with E-state index in [-0.39, 0.29) is 11.3 Å². The zero-order chi connectivity index (χ0) is 10.9. The predicted molar refractivity (Wildman–Crippen MR) is 42.5 cm³/mol. The van der Waals surface area contributed by atoms with Crippen LogP contribution in [-0.4, -0.2) is 10.9 Å². The standard InChI is InChI=1S/C8H7F3N2O/c1-4-6(8(9,10)11)2-5(3-13-4)7(12)14/h2-3H,1H3,(H2,12,14). The number of alkyl halides is 3. The largest absolute Gasteiger partial charge is 0.418 e. The molecule has 76 valence electrons. The van der Waals surface area contributed by atoms with E-state index >= 15 is 0 Å². The second-order valence-corrected chi connectivity index (χ2v) is 2.72. The fourth-order valence-corrected chi connectivity index (χ4v) is 0.955. The van der Waals surface area contributed by atoms with Gasteiger partial charge in [0.25, 0.3) is 0 Å². The lowest BCUT2D eigenvalue weighted by molar-refractivity contribution is -0.138. The number of primary amides is 1. The number of halogens is 3. The summed E-state index contributed by atoms with van der Waals surface area (Å²) in [6, 6.07) is 0.699. The molecule has 0 aliphatic rings. The second-order valence-electron chi connectivity index (χ2n) is 2.72. The van der Waals surface area contributed by atoms with Crippen molar-refractivity contribution in [3.63, 3.8) is 0 Å². The molecule has 0 spiro atoms. The van der Waals surface area contributed by atoms with Crippen molar-refractivity contribution in [3.8, 4) is 0 Å². The maximum Gasteiger partial charge on any atom is 0.418 e. The lowest BCUT2D eigenvalue weighted by atomic mass is 10.1. The van der Waals surface area contributed by atoms with Crippen LogP contribution in [0.2, 0.25) is 0 Å². The lowest BCUT2D eigenvalue weighted by Gasteiger charge is -2.09. The Labute approximate surface area is 77.7 Å². The molecule has 0 saturated heterocycles. The first-order valence-electron chi connectivity index (χ1n) is 3.66. The number of rotatable bonds is 1. The maximum atomic E-state index is 12.3. The summed E-state index contributed by atoms with van der Waals surface area (Å²) in [5.41, 5.74) is 3.47. The highest BCUT2D eigenvalue weighted by atomic mass is 19.4. The fraction of sp³-hybridized carbons (Fsp3) is 0.250. The van der Waals surface area contributed by atoms with E-state index in [4.69, 9.17) is 5.73 Å². The van der Waals surface area contributed by atoms with Gasteiger partial charge in [0.05, 0.1) is 11.1 Å². The van der Waals surface area contributed by atoms with Gasteiger partial charge in [0.1, 0.15) is 0 Å². The molecule has 0 aliphatic heterocycles. The molecule has 0 aliphatic carbocycles. The summed E-state index contributed by atoms with van der Waals surface area (Å²) >= 11 is 0. The van der Waals surface area contributed by atoms with Gasteiger partial charge in [-0.15, -0.1) is 0 Å². The van der Waals surface area contributed by atoms with Crippen molar-refractivity contribution in [2.24, 2.45) is 5.73 Å². The third kappa shape index (κ3) is 2.01. The molecule has 1 heterocycles. The number of nitrogens with two attached hydrogens (primary N) is 1. The minimum Gasteiger partial charge on any atom is -0.366 e. The van der Waals surface area contributed by atoms with Gasteiger partial charge in [-0.25, -0.2) is 0 Å². The molecule has 0 saturated carbocycles. The van der Waals surface area contributed by atoms with Gasteiger partial charge in [-0.3, -0.25) is 9.78 Å². The lowest BCUT2D eigenvalue weighted by Crippen LogP contribution is -2.15. The van der Waals surface area contributed by atoms with Gasteiger partial charge < -0.3 is 5.73 Å². The highest BCUT2D eigenvalue weighted by Gasteiger charge is 2.33. The molecular formula is C8H7F3N2O. The summed E-state index contributed by atoms with van der Waals surface area (Å²) in [7, 11) is 0. The van der Waals surface area contributed by atoms with Gasteiger partial charge in [-0.2, -0.15) is 13.2 Å². The normalized spacial score (nSPS) is 11.4. The molecular weight excluding hydrogens is 197 g/mol. The third-order valence-electron chi connectivity index (χ3n) is 1.68. The number of pyridine rings is 1. The Balaban J connectivity index is 3.29. The fourth-order valence-electron chi connectivity index (χ4n) is 0.955. The van der Waals surface area contributed by atoms with Crippen molar-refractivity contribution < 1.29 is 18.0 Å². The van der Waals surface area contributed by atoms with E-state index in [9.17, 15) is 18.0 Å². The average molecular weight is 204 g/mol. The smallest absolute Gasteiger partial charge is 0.366 e. The summed E-state index contributed by atoms with van der Waals surface area (Å²) in [4.78, 5) is 14.1. The van der Waals surface area contributed by atoms with Gasteiger partial charge in [0.2, 0.25) is 5.91 Å². The van der Waals surface area contributed by atoms with Crippen molar-refractivity contribution in [1.82, 2.24) is 4.98 Å². The monoisotopic (exact) mass is 204 g/mol. The zero-order valence-corrected chi connectivity index (χ0v) is 7.22. The van der Waals surface area contributed by atoms with E-state index in [0.717, 1.165) is 6.20 Å². The van der Waals surface area contributed by atoms with Gasteiger partial charge in [-0.1, -0.05) is 0 Å². The predicted octanol–water partition coefficient (Wildman–Crippen LogP) is 1.51. The molecule has 1 amide bonds. The molecule has 14 heavy (non-hydrogen) atoms. The molecule has 1 aromatic rings. The maximum absolute atomic E-state index is 12.3. The van der Waals surface area contributed by atoms with Crippen LogP contribution in [-0.2, 0) is 6.18 Å². The van der Waals surface area contributed by atoms with Gasteiger partial charge in [0.15, 0.2) is 0 Å². The summed E-state index contributed by atoms with van der Waals surface area (Å²) in [5.74, 6) is -0.928. The first kappa shape index (κ1) is 10.5. The van der Waals surface area contributed by atoms with Gasteiger partial charge >= 0.3 is 6.18 Å². The SMILES string of the molecule is Cc1ncc(C(N)=O)cc1C(F)(F)F. The number of aryl methyl sites for hydroxylation is 1. The number of hydrogen-bond donors (Lipinski definition) is 1. The third-order valence-corrected chi connectivity index (χ3v) is 1.68. The van der Waals surface area contributed by atoms with Crippen LogP contribution in [0.25, 0.3) is 0 Å². The molecule has 2 N–H and O–H groups in total. The Bertz CT molecular complexity index is 373. The molecule has 0 atom stereocenters. The van der Waals surface area contributed by atoms with Crippen molar-refractivity contribution in [2.45, 2.75) is 13.1 Å². The Kier molecular flexibility index (Phi) is 2.46. The van der Waals surface area contributed by atoms with Crippen LogP contribution in [0, 0.1) is 6.92 Å². The Morgan fingerprint density at radius 3 is 2.50 bits per heavy atom. The molecule has 1 rings (SSSR count). The van der Waals surface area contributed by atoms with Crippen molar-refractivity contribution >= 4 is 5.91 Å². The first-order valence-corrected chi connectivity index (χ1v) is 3.66. The number of nitrogens with zero attached hydrogens (tertiary/aromatic N) is 1.